The van der Waals surface area contributed by atoms with Gasteiger partial charge in [0.1, 0.15) is 11.9 Å². The molecular formula is C20H22N2O4. The van der Waals surface area contributed by atoms with Gasteiger partial charge < -0.3 is 14.8 Å². The zero-order valence-corrected chi connectivity index (χ0v) is 14.9. The molecule has 3 rings (SSSR count). The largest absolute Gasteiger partial charge is 0.484 e. The minimum atomic E-state index is -0.401. The van der Waals surface area contributed by atoms with Gasteiger partial charge in [-0.3, -0.25) is 9.69 Å². The number of aryl methyl sites for hydroxylation is 2. The fraction of sp³-hybridized carbons (Fsp3) is 0.300. The van der Waals surface area contributed by atoms with E-state index in [1.54, 1.807) is 4.90 Å². The third-order valence-electron chi connectivity index (χ3n) is 4.32. The van der Waals surface area contributed by atoms with Crippen LogP contribution in [-0.4, -0.2) is 37.8 Å². The predicted octanol–water partition coefficient (Wildman–Crippen LogP) is 2.82. The molecule has 0 aromatic heterocycles. The average Bonchev–Trinajstić information content (AvgIpc) is 3.02. The van der Waals surface area contributed by atoms with E-state index in [0.717, 1.165) is 11.3 Å². The lowest BCUT2D eigenvalue weighted by Crippen LogP contribution is -2.37. The summed E-state index contributed by atoms with van der Waals surface area (Å²) in [5, 5.41) is 2.75. The molecule has 1 N–H and O–H groups in total. The lowest BCUT2D eigenvalue weighted by molar-refractivity contribution is -0.123. The van der Waals surface area contributed by atoms with E-state index >= 15 is 0 Å². The Bertz CT molecular complexity index is 792. The summed E-state index contributed by atoms with van der Waals surface area (Å²) in [6.07, 6.45) is -0.782. The molecule has 6 nitrogen and oxygen atoms in total. The number of hydrogen-bond acceptors (Lipinski definition) is 4. The lowest BCUT2D eigenvalue weighted by atomic mass is 10.1. The molecule has 1 heterocycles. The van der Waals surface area contributed by atoms with Gasteiger partial charge in [-0.25, -0.2) is 4.79 Å². The molecular weight excluding hydrogens is 332 g/mol. The van der Waals surface area contributed by atoms with Crippen molar-refractivity contribution in [3.8, 4) is 5.75 Å². The molecule has 1 atom stereocenters. The highest BCUT2D eigenvalue weighted by Crippen LogP contribution is 2.20. The number of benzene rings is 2. The number of hydrogen-bond donors (Lipinski definition) is 1. The van der Waals surface area contributed by atoms with Crippen molar-refractivity contribution in [2.75, 3.05) is 24.6 Å². The summed E-state index contributed by atoms with van der Waals surface area (Å²) in [6.45, 7) is 4.60. The van der Waals surface area contributed by atoms with Crippen LogP contribution in [0.2, 0.25) is 0 Å². The van der Waals surface area contributed by atoms with Crippen LogP contribution < -0.4 is 15.0 Å². The second-order valence-electron chi connectivity index (χ2n) is 6.29. The van der Waals surface area contributed by atoms with Crippen molar-refractivity contribution >= 4 is 17.7 Å². The van der Waals surface area contributed by atoms with Crippen molar-refractivity contribution in [3.63, 3.8) is 0 Å². The maximum Gasteiger partial charge on any atom is 0.414 e. The first kappa shape index (κ1) is 17.8. The Morgan fingerprint density at radius 1 is 1.19 bits per heavy atom. The van der Waals surface area contributed by atoms with Gasteiger partial charge in [0.15, 0.2) is 6.61 Å². The number of rotatable bonds is 6. The van der Waals surface area contributed by atoms with Crippen LogP contribution in [-0.2, 0) is 9.53 Å². The first-order valence-corrected chi connectivity index (χ1v) is 8.53. The van der Waals surface area contributed by atoms with E-state index in [1.165, 1.54) is 5.56 Å². The van der Waals surface area contributed by atoms with Crippen LogP contribution in [0.1, 0.15) is 11.1 Å². The van der Waals surface area contributed by atoms with Crippen LogP contribution in [0.5, 0.6) is 5.75 Å². The minimum absolute atomic E-state index is 0.0778. The van der Waals surface area contributed by atoms with Gasteiger partial charge in [-0.05, 0) is 49.2 Å². The maximum atomic E-state index is 12.0. The summed E-state index contributed by atoms with van der Waals surface area (Å²) in [5.74, 6) is 0.406. The topological polar surface area (TPSA) is 67.9 Å². The fourth-order valence-electron chi connectivity index (χ4n) is 2.68. The van der Waals surface area contributed by atoms with Gasteiger partial charge in [-0.15, -0.1) is 0 Å². The molecule has 1 fully saturated rings. The molecule has 0 radical (unpaired) electrons. The van der Waals surface area contributed by atoms with Crippen LogP contribution >= 0.6 is 0 Å². The predicted molar refractivity (Wildman–Crippen MR) is 98.5 cm³/mol. The monoisotopic (exact) mass is 354 g/mol. The van der Waals surface area contributed by atoms with Crippen molar-refractivity contribution in [2.24, 2.45) is 0 Å². The molecule has 1 saturated heterocycles. The molecule has 1 aliphatic heterocycles. The Balaban J connectivity index is 1.45. The van der Waals surface area contributed by atoms with E-state index in [-0.39, 0.29) is 25.2 Å². The number of ether oxygens (including phenoxy) is 2. The zero-order chi connectivity index (χ0) is 18.5. The van der Waals surface area contributed by atoms with E-state index < -0.39 is 6.09 Å². The quantitative estimate of drug-likeness (QED) is 0.866. The highest BCUT2D eigenvalue weighted by atomic mass is 16.6. The van der Waals surface area contributed by atoms with Crippen molar-refractivity contribution < 1.29 is 19.1 Å². The van der Waals surface area contributed by atoms with Gasteiger partial charge in [0.2, 0.25) is 0 Å². The summed E-state index contributed by atoms with van der Waals surface area (Å²) in [5.41, 5.74) is 3.07. The summed E-state index contributed by atoms with van der Waals surface area (Å²) in [7, 11) is 0. The van der Waals surface area contributed by atoms with Crippen LogP contribution in [0.3, 0.4) is 0 Å². The van der Waals surface area contributed by atoms with Crippen LogP contribution in [0.25, 0.3) is 0 Å². The van der Waals surface area contributed by atoms with E-state index in [2.05, 4.69) is 5.32 Å². The number of anilines is 1. The summed E-state index contributed by atoms with van der Waals surface area (Å²) in [6, 6.07) is 15.0. The fourth-order valence-corrected chi connectivity index (χ4v) is 2.68. The van der Waals surface area contributed by atoms with E-state index in [0.29, 0.717) is 12.3 Å². The van der Waals surface area contributed by atoms with E-state index in [1.807, 2.05) is 62.4 Å². The van der Waals surface area contributed by atoms with Gasteiger partial charge in [0.25, 0.3) is 5.91 Å². The Labute approximate surface area is 152 Å². The molecule has 0 spiro atoms. The number of nitrogens with zero attached hydrogens (tertiary/aromatic N) is 1. The third-order valence-corrected chi connectivity index (χ3v) is 4.32. The van der Waals surface area contributed by atoms with Crippen LogP contribution in [0.4, 0.5) is 10.5 Å². The molecule has 136 valence electrons. The van der Waals surface area contributed by atoms with Crippen LogP contribution in [0, 0.1) is 13.8 Å². The van der Waals surface area contributed by atoms with Gasteiger partial charge in [-0.2, -0.15) is 0 Å². The summed E-state index contributed by atoms with van der Waals surface area (Å²) in [4.78, 5) is 25.5. The van der Waals surface area contributed by atoms with Gasteiger partial charge in [0, 0.05) is 5.69 Å². The first-order chi connectivity index (χ1) is 12.5. The standard InChI is InChI=1S/C20H22N2O4/c1-14-8-9-17(10-15(14)2)25-13-19(23)21-11-18-12-22(20(24)26-18)16-6-4-3-5-7-16/h3-10,18H,11-13H2,1-2H3,(H,21,23). The number of cyclic esters (lactones) is 1. The highest BCUT2D eigenvalue weighted by molar-refractivity contribution is 5.89. The van der Waals surface area contributed by atoms with E-state index in [9.17, 15) is 9.59 Å². The molecule has 0 saturated carbocycles. The SMILES string of the molecule is Cc1ccc(OCC(=O)NCC2CN(c3ccccc3)C(=O)O2)cc1C. The maximum absolute atomic E-state index is 12.0. The Hall–Kier alpha value is -3.02. The molecule has 0 aliphatic carbocycles. The van der Waals surface area contributed by atoms with Gasteiger partial charge in [0.05, 0.1) is 13.1 Å². The Morgan fingerprint density at radius 3 is 2.69 bits per heavy atom. The smallest absolute Gasteiger partial charge is 0.414 e. The van der Waals surface area contributed by atoms with Crippen molar-refractivity contribution in [1.82, 2.24) is 5.32 Å². The summed E-state index contributed by atoms with van der Waals surface area (Å²) < 4.78 is 10.8. The van der Waals surface area contributed by atoms with Crippen LogP contribution in [0.15, 0.2) is 48.5 Å². The molecule has 2 aromatic rings. The second-order valence-corrected chi connectivity index (χ2v) is 6.29. The average molecular weight is 354 g/mol. The molecule has 0 bridgehead atoms. The zero-order valence-electron chi connectivity index (χ0n) is 14.9. The summed E-state index contributed by atoms with van der Waals surface area (Å²) >= 11 is 0. The molecule has 6 heteroatoms. The highest BCUT2D eigenvalue weighted by Gasteiger charge is 2.32. The number of para-hydroxylation sites is 1. The number of nitrogens with one attached hydrogen (secondary N) is 1. The second kappa shape index (κ2) is 7.91. The normalized spacial score (nSPS) is 16.3. The number of carbonyl (C=O) groups excluding carboxylic acids is 2. The number of amides is 2. The Kier molecular flexibility index (Phi) is 5.41. The molecule has 2 aromatic carbocycles. The van der Waals surface area contributed by atoms with Gasteiger partial charge in [-0.1, -0.05) is 24.3 Å². The molecule has 2 amide bonds. The molecule has 1 unspecified atom stereocenters. The lowest BCUT2D eigenvalue weighted by Gasteiger charge is -2.13. The Morgan fingerprint density at radius 2 is 1.96 bits per heavy atom. The van der Waals surface area contributed by atoms with Crippen molar-refractivity contribution in [1.29, 1.82) is 0 Å². The van der Waals surface area contributed by atoms with Crippen molar-refractivity contribution in [2.45, 2.75) is 20.0 Å². The first-order valence-electron chi connectivity index (χ1n) is 8.53. The minimum Gasteiger partial charge on any atom is -0.484 e. The molecule has 1 aliphatic rings. The van der Waals surface area contributed by atoms with Gasteiger partial charge >= 0.3 is 6.09 Å². The molecule has 26 heavy (non-hydrogen) atoms. The number of carbonyl (C=O) groups is 2. The van der Waals surface area contributed by atoms with E-state index in [4.69, 9.17) is 9.47 Å². The third kappa shape index (κ3) is 4.33. The van der Waals surface area contributed by atoms with Crippen molar-refractivity contribution in [3.05, 3.63) is 59.7 Å².